The first-order valence-electron chi connectivity index (χ1n) is 8.48. The Kier molecular flexibility index (Phi) is 6.73. The van der Waals surface area contributed by atoms with E-state index in [-0.39, 0.29) is 30.1 Å². The molecule has 0 bridgehead atoms. The number of nitrogens with one attached hydrogen (secondary N) is 1. The van der Waals surface area contributed by atoms with Crippen molar-refractivity contribution in [2.45, 2.75) is 32.7 Å². The summed E-state index contributed by atoms with van der Waals surface area (Å²) >= 11 is 0. The van der Waals surface area contributed by atoms with E-state index in [0.29, 0.717) is 31.7 Å². The molecule has 0 saturated carbocycles. The van der Waals surface area contributed by atoms with Gasteiger partial charge < -0.3 is 10.2 Å². The van der Waals surface area contributed by atoms with Gasteiger partial charge in [-0.15, -0.1) is 0 Å². The molecule has 1 heterocycles. The molecule has 1 N–H and O–H groups in total. The molecule has 0 unspecified atom stereocenters. The van der Waals surface area contributed by atoms with Crippen LogP contribution in [0, 0.1) is 5.82 Å². The molecule has 0 aromatic heterocycles. The summed E-state index contributed by atoms with van der Waals surface area (Å²) in [5.41, 5.74) is 0.692. The first-order chi connectivity index (χ1) is 11.4. The Labute approximate surface area is 142 Å². The summed E-state index contributed by atoms with van der Waals surface area (Å²) in [6.45, 7) is 7.00. The molecule has 0 spiro atoms. The summed E-state index contributed by atoms with van der Waals surface area (Å²) in [5, 5.41) is 2.89. The van der Waals surface area contributed by atoms with Crippen molar-refractivity contribution >= 4 is 11.8 Å². The molecule has 0 atom stereocenters. The van der Waals surface area contributed by atoms with Crippen LogP contribution in [-0.2, 0) is 16.0 Å². The van der Waals surface area contributed by atoms with E-state index < -0.39 is 0 Å². The monoisotopic (exact) mass is 335 g/mol. The second-order valence-corrected chi connectivity index (χ2v) is 6.54. The Hall–Kier alpha value is -1.95. The van der Waals surface area contributed by atoms with Crippen LogP contribution in [0.15, 0.2) is 24.3 Å². The van der Waals surface area contributed by atoms with Crippen molar-refractivity contribution < 1.29 is 14.0 Å². The Morgan fingerprint density at radius 3 is 2.71 bits per heavy atom. The Morgan fingerprint density at radius 2 is 2.00 bits per heavy atom. The molecular weight excluding hydrogens is 309 g/mol. The number of amides is 2. The van der Waals surface area contributed by atoms with Crippen molar-refractivity contribution in [2.75, 3.05) is 32.7 Å². The second kappa shape index (κ2) is 8.78. The third-order valence-corrected chi connectivity index (χ3v) is 4.00. The molecule has 1 aliphatic rings. The van der Waals surface area contributed by atoms with E-state index >= 15 is 0 Å². The molecule has 1 aromatic rings. The van der Waals surface area contributed by atoms with Crippen molar-refractivity contribution in [3.05, 3.63) is 35.6 Å². The minimum Gasteiger partial charge on any atom is -0.353 e. The third-order valence-electron chi connectivity index (χ3n) is 4.00. The molecule has 1 aromatic carbocycles. The number of hydrogen-bond acceptors (Lipinski definition) is 3. The summed E-state index contributed by atoms with van der Waals surface area (Å²) in [6.07, 6.45) is 1.05. The predicted molar refractivity (Wildman–Crippen MR) is 91.0 cm³/mol. The Balaban J connectivity index is 1.83. The van der Waals surface area contributed by atoms with Gasteiger partial charge in [-0.3, -0.25) is 14.5 Å². The maximum Gasteiger partial charge on any atom is 0.234 e. The predicted octanol–water partition coefficient (Wildman–Crippen LogP) is 1.43. The van der Waals surface area contributed by atoms with Crippen LogP contribution in [0.25, 0.3) is 0 Å². The van der Waals surface area contributed by atoms with Gasteiger partial charge in [0.1, 0.15) is 5.82 Å². The molecular formula is C18H26FN3O2. The molecule has 6 heteroatoms. The van der Waals surface area contributed by atoms with Crippen LogP contribution < -0.4 is 5.32 Å². The highest BCUT2D eigenvalue weighted by Crippen LogP contribution is 2.09. The lowest BCUT2D eigenvalue weighted by molar-refractivity contribution is -0.130. The lowest BCUT2D eigenvalue weighted by atomic mass is 10.1. The number of carbonyl (C=O) groups excluding carboxylic acids is 2. The van der Waals surface area contributed by atoms with Crippen molar-refractivity contribution in [1.82, 2.24) is 15.1 Å². The van der Waals surface area contributed by atoms with E-state index in [1.807, 2.05) is 18.7 Å². The zero-order valence-electron chi connectivity index (χ0n) is 14.4. The summed E-state index contributed by atoms with van der Waals surface area (Å²) in [4.78, 5) is 28.2. The van der Waals surface area contributed by atoms with Crippen molar-refractivity contribution in [3.8, 4) is 0 Å². The number of rotatable bonds is 5. The molecule has 1 aliphatic heterocycles. The highest BCUT2D eigenvalue weighted by atomic mass is 19.1. The van der Waals surface area contributed by atoms with Crippen LogP contribution in [0.4, 0.5) is 4.39 Å². The van der Waals surface area contributed by atoms with Gasteiger partial charge in [0, 0.05) is 32.2 Å². The van der Waals surface area contributed by atoms with E-state index in [1.165, 1.54) is 12.1 Å². The van der Waals surface area contributed by atoms with Crippen molar-refractivity contribution in [3.63, 3.8) is 0 Å². The van der Waals surface area contributed by atoms with Gasteiger partial charge in [-0.25, -0.2) is 4.39 Å². The van der Waals surface area contributed by atoms with Gasteiger partial charge in [-0.2, -0.15) is 0 Å². The average Bonchev–Trinajstić information content (AvgIpc) is 2.72. The van der Waals surface area contributed by atoms with E-state index in [2.05, 4.69) is 10.2 Å². The lowest BCUT2D eigenvalue weighted by Gasteiger charge is -2.22. The molecule has 0 radical (unpaired) electrons. The second-order valence-electron chi connectivity index (χ2n) is 6.54. The topological polar surface area (TPSA) is 52.7 Å². The van der Waals surface area contributed by atoms with E-state index in [4.69, 9.17) is 0 Å². The van der Waals surface area contributed by atoms with Gasteiger partial charge >= 0.3 is 0 Å². The van der Waals surface area contributed by atoms with Crippen LogP contribution in [0.2, 0.25) is 0 Å². The highest BCUT2D eigenvalue weighted by Gasteiger charge is 2.20. The quantitative estimate of drug-likeness (QED) is 0.886. The first kappa shape index (κ1) is 18.4. The normalized spacial score (nSPS) is 16.1. The smallest absolute Gasteiger partial charge is 0.234 e. The van der Waals surface area contributed by atoms with Crippen LogP contribution in [0.5, 0.6) is 0 Å². The van der Waals surface area contributed by atoms with E-state index in [0.717, 1.165) is 13.0 Å². The summed E-state index contributed by atoms with van der Waals surface area (Å²) in [7, 11) is 0. The van der Waals surface area contributed by atoms with Crippen LogP contribution >= 0.6 is 0 Å². The van der Waals surface area contributed by atoms with Crippen LogP contribution in [0.3, 0.4) is 0 Å². The molecule has 1 saturated heterocycles. The maximum absolute atomic E-state index is 13.2. The van der Waals surface area contributed by atoms with Crippen molar-refractivity contribution in [1.29, 1.82) is 0 Å². The van der Waals surface area contributed by atoms with Crippen LogP contribution in [-0.4, -0.2) is 60.4 Å². The van der Waals surface area contributed by atoms with Gasteiger partial charge in [0.05, 0.1) is 13.0 Å². The van der Waals surface area contributed by atoms with Gasteiger partial charge in [-0.05, 0) is 38.0 Å². The summed E-state index contributed by atoms with van der Waals surface area (Å²) in [6, 6.07) is 6.29. The van der Waals surface area contributed by atoms with Gasteiger partial charge in [0.15, 0.2) is 0 Å². The standard InChI is InChI=1S/C18H26FN3O2/c1-14(2)20-17(23)13-21-7-4-8-22(10-9-21)18(24)12-15-5-3-6-16(19)11-15/h3,5-6,11,14H,4,7-10,12-13H2,1-2H3,(H,20,23). The summed E-state index contributed by atoms with van der Waals surface area (Å²) < 4.78 is 13.2. The molecule has 2 amide bonds. The lowest BCUT2D eigenvalue weighted by Crippen LogP contribution is -2.42. The largest absolute Gasteiger partial charge is 0.353 e. The molecule has 132 valence electrons. The number of carbonyl (C=O) groups is 2. The molecule has 0 aliphatic carbocycles. The van der Waals surface area contributed by atoms with Gasteiger partial charge in [-0.1, -0.05) is 12.1 Å². The number of halogens is 1. The maximum atomic E-state index is 13.2. The number of benzene rings is 1. The Bertz CT molecular complexity index is 577. The Morgan fingerprint density at radius 1 is 1.21 bits per heavy atom. The highest BCUT2D eigenvalue weighted by molar-refractivity contribution is 5.79. The summed E-state index contributed by atoms with van der Waals surface area (Å²) in [5.74, 6) is -0.294. The van der Waals surface area contributed by atoms with E-state index in [1.54, 1.807) is 12.1 Å². The third kappa shape index (κ3) is 5.92. The average molecular weight is 335 g/mol. The van der Waals surface area contributed by atoms with Gasteiger partial charge in [0.25, 0.3) is 0 Å². The first-order valence-corrected chi connectivity index (χ1v) is 8.48. The fraction of sp³-hybridized carbons (Fsp3) is 0.556. The molecule has 5 nitrogen and oxygen atoms in total. The minimum absolute atomic E-state index is 0.00841. The fourth-order valence-corrected chi connectivity index (χ4v) is 2.88. The van der Waals surface area contributed by atoms with Crippen LogP contribution in [0.1, 0.15) is 25.8 Å². The SMILES string of the molecule is CC(C)NC(=O)CN1CCCN(C(=O)Cc2cccc(F)c2)CC1. The number of nitrogens with zero attached hydrogens (tertiary/aromatic N) is 2. The molecule has 1 fully saturated rings. The minimum atomic E-state index is -0.321. The fourth-order valence-electron chi connectivity index (χ4n) is 2.88. The molecule has 2 rings (SSSR count). The zero-order chi connectivity index (χ0) is 17.5. The van der Waals surface area contributed by atoms with E-state index in [9.17, 15) is 14.0 Å². The zero-order valence-corrected chi connectivity index (χ0v) is 14.4. The number of hydrogen-bond donors (Lipinski definition) is 1. The molecule has 24 heavy (non-hydrogen) atoms. The van der Waals surface area contributed by atoms with Gasteiger partial charge in [0.2, 0.25) is 11.8 Å². The van der Waals surface area contributed by atoms with Crippen molar-refractivity contribution in [2.24, 2.45) is 0 Å².